The third-order valence-electron chi connectivity index (χ3n) is 3.48. The van der Waals surface area contributed by atoms with Gasteiger partial charge in [-0.3, -0.25) is 4.90 Å². The third-order valence-corrected chi connectivity index (χ3v) is 4.40. The van der Waals surface area contributed by atoms with E-state index < -0.39 is 9.84 Å². The Kier molecular flexibility index (Phi) is 7.28. The summed E-state index contributed by atoms with van der Waals surface area (Å²) in [4.78, 5) is 2.09. The molecule has 0 aromatic heterocycles. The molecule has 0 bridgehead atoms. The quantitative estimate of drug-likeness (QED) is 0.637. The molecule has 1 unspecified atom stereocenters. The smallest absolute Gasteiger partial charge is 0.148 e. The number of likely N-dealkylation sites (N-methyl/N-ethyl adjacent to an activating group) is 1. The van der Waals surface area contributed by atoms with Crippen molar-refractivity contribution in [1.82, 2.24) is 4.90 Å². The van der Waals surface area contributed by atoms with E-state index in [1.807, 2.05) is 7.05 Å². The lowest BCUT2D eigenvalue weighted by atomic mass is 9.93. The monoisotopic (exact) mass is 264 g/mol. The zero-order chi connectivity index (χ0) is 13.5. The molecule has 0 amide bonds. The van der Waals surface area contributed by atoms with Gasteiger partial charge in [0.1, 0.15) is 9.84 Å². The summed E-state index contributed by atoms with van der Waals surface area (Å²) in [5.41, 5.74) is 5.75. The Balaban J connectivity index is 4.31. The summed E-state index contributed by atoms with van der Waals surface area (Å²) in [7, 11) is -0.933. The molecule has 0 saturated heterocycles. The van der Waals surface area contributed by atoms with Gasteiger partial charge in [0.2, 0.25) is 0 Å². The van der Waals surface area contributed by atoms with E-state index in [0.717, 1.165) is 12.8 Å². The van der Waals surface area contributed by atoms with Gasteiger partial charge in [-0.1, -0.05) is 26.2 Å². The van der Waals surface area contributed by atoms with E-state index in [2.05, 4.69) is 18.7 Å². The molecule has 0 saturated carbocycles. The average molecular weight is 264 g/mol. The van der Waals surface area contributed by atoms with Crippen LogP contribution in [0, 0.1) is 0 Å². The molecule has 4 nitrogen and oxygen atoms in total. The molecule has 17 heavy (non-hydrogen) atoms. The van der Waals surface area contributed by atoms with Crippen molar-refractivity contribution in [2.45, 2.75) is 45.1 Å². The minimum atomic E-state index is -2.90. The van der Waals surface area contributed by atoms with Crippen molar-refractivity contribution in [2.24, 2.45) is 5.73 Å². The molecule has 1 atom stereocenters. The maximum absolute atomic E-state index is 11.2. The number of nitrogens with zero attached hydrogens (tertiary/aromatic N) is 1. The van der Waals surface area contributed by atoms with Crippen LogP contribution in [0.5, 0.6) is 0 Å². The van der Waals surface area contributed by atoms with E-state index in [4.69, 9.17) is 5.73 Å². The summed E-state index contributed by atoms with van der Waals surface area (Å²) in [6, 6.07) is 0. The van der Waals surface area contributed by atoms with Crippen LogP contribution in [-0.4, -0.2) is 51.0 Å². The van der Waals surface area contributed by atoms with Crippen molar-refractivity contribution in [1.29, 1.82) is 0 Å². The van der Waals surface area contributed by atoms with E-state index in [-0.39, 0.29) is 11.3 Å². The number of rotatable bonds is 9. The highest BCUT2D eigenvalue weighted by molar-refractivity contribution is 7.90. The van der Waals surface area contributed by atoms with E-state index in [1.165, 1.54) is 19.1 Å². The van der Waals surface area contributed by atoms with E-state index in [1.54, 1.807) is 0 Å². The zero-order valence-corrected chi connectivity index (χ0v) is 12.5. The van der Waals surface area contributed by atoms with Gasteiger partial charge < -0.3 is 5.73 Å². The van der Waals surface area contributed by atoms with Gasteiger partial charge in [-0.15, -0.1) is 0 Å². The molecular weight excluding hydrogens is 236 g/mol. The van der Waals surface area contributed by atoms with Crippen molar-refractivity contribution in [3.05, 3.63) is 0 Å². The van der Waals surface area contributed by atoms with Crippen LogP contribution < -0.4 is 5.73 Å². The molecule has 0 aliphatic heterocycles. The molecule has 0 radical (unpaired) electrons. The van der Waals surface area contributed by atoms with Crippen molar-refractivity contribution in [3.8, 4) is 0 Å². The number of nitrogens with two attached hydrogens (primary N) is 1. The van der Waals surface area contributed by atoms with Crippen molar-refractivity contribution >= 4 is 9.84 Å². The maximum Gasteiger partial charge on any atom is 0.148 e. The topological polar surface area (TPSA) is 63.4 Å². The fraction of sp³-hybridized carbons (Fsp3) is 1.00. The van der Waals surface area contributed by atoms with Gasteiger partial charge >= 0.3 is 0 Å². The first-order valence-corrected chi connectivity index (χ1v) is 8.40. The standard InChI is InChI=1S/C12H28N2O2S/c1-5-6-7-8-12(2,11-13)14(3)9-10-17(4,15)16/h5-11,13H2,1-4H3. The van der Waals surface area contributed by atoms with Gasteiger partial charge in [-0.25, -0.2) is 8.42 Å². The van der Waals surface area contributed by atoms with E-state index in [0.29, 0.717) is 13.1 Å². The Morgan fingerprint density at radius 3 is 2.29 bits per heavy atom. The fourth-order valence-corrected chi connectivity index (χ4v) is 2.38. The second-order valence-corrected chi connectivity index (χ2v) is 7.47. The first-order valence-electron chi connectivity index (χ1n) is 6.34. The lowest BCUT2D eigenvalue weighted by Crippen LogP contribution is -2.51. The van der Waals surface area contributed by atoms with Crippen molar-refractivity contribution in [3.63, 3.8) is 0 Å². The SMILES string of the molecule is CCCCCC(C)(CN)N(C)CCS(C)(=O)=O. The number of hydrogen-bond donors (Lipinski definition) is 1. The lowest BCUT2D eigenvalue weighted by Gasteiger charge is -2.38. The number of sulfone groups is 1. The van der Waals surface area contributed by atoms with Crippen LogP contribution in [0.15, 0.2) is 0 Å². The average Bonchev–Trinajstić information content (AvgIpc) is 2.25. The Labute approximate surface area is 106 Å². The minimum absolute atomic E-state index is 0.0835. The van der Waals surface area contributed by atoms with Crippen LogP contribution in [-0.2, 0) is 9.84 Å². The Bertz CT molecular complexity index is 304. The molecule has 0 fully saturated rings. The zero-order valence-electron chi connectivity index (χ0n) is 11.7. The van der Waals surface area contributed by atoms with Crippen molar-refractivity contribution < 1.29 is 8.42 Å². The lowest BCUT2D eigenvalue weighted by molar-refractivity contribution is 0.138. The molecule has 0 aliphatic rings. The van der Waals surface area contributed by atoms with Crippen LogP contribution in [0.2, 0.25) is 0 Å². The van der Waals surface area contributed by atoms with Crippen LogP contribution in [0.4, 0.5) is 0 Å². The van der Waals surface area contributed by atoms with Crippen LogP contribution >= 0.6 is 0 Å². The normalized spacial score (nSPS) is 16.1. The second kappa shape index (κ2) is 7.34. The summed E-state index contributed by atoms with van der Waals surface area (Å²) in [6.07, 6.45) is 5.84. The van der Waals surface area contributed by atoms with Crippen LogP contribution in [0.25, 0.3) is 0 Å². The predicted molar refractivity (Wildman–Crippen MR) is 73.9 cm³/mol. The first kappa shape index (κ1) is 16.9. The fourth-order valence-electron chi connectivity index (χ4n) is 1.78. The number of hydrogen-bond acceptors (Lipinski definition) is 4. The number of unbranched alkanes of at least 4 members (excludes halogenated alkanes) is 2. The molecule has 0 heterocycles. The summed E-state index contributed by atoms with van der Waals surface area (Å²) in [5.74, 6) is 0.201. The molecule has 0 spiro atoms. The largest absolute Gasteiger partial charge is 0.329 e. The summed E-state index contributed by atoms with van der Waals surface area (Å²) in [5, 5.41) is 0. The molecule has 5 heteroatoms. The Morgan fingerprint density at radius 1 is 1.29 bits per heavy atom. The second-order valence-electron chi connectivity index (χ2n) is 5.21. The molecule has 0 aromatic carbocycles. The van der Waals surface area contributed by atoms with Gasteiger partial charge in [0, 0.05) is 24.9 Å². The summed E-state index contributed by atoms with van der Waals surface area (Å²) >= 11 is 0. The van der Waals surface area contributed by atoms with Gasteiger partial charge in [0.05, 0.1) is 5.75 Å². The molecule has 0 aliphatic carbocycles. The van der Waals surface area contributed by atoms with Gasteiger partial charge in [0.15, 0.2) is 0 Å². The molecule has 0 rings (SSSR count). The van der Waals surface area contributed by atoms with Gasteiger partial charge in [-0.2, -0.15) is 0 Å². The molecule has 104 valence electrons. The van der Waals surface area contributed by atoms with E-state index >= 15 is 0 Å². The van der Waals surface area contributed by atoms with Crippen LogP contribution in [0.3, 0.4) is 0 Å². The minimum Gasteiger partial charge on any atom is -0.329 e. The molecular formula is C12H28N2O2S. The summed E-state index contributed by atoms with van der Waals surface area (Å²) in [6.45, 7) is 5.41. The van der Waals surface area contributed by atoms with Crippen molar-refractivity contribution in [2.75, 3.05) is 32.1 Å². The highest BCUT2D eigenvalue weighted by Crippen LogP contribution is 2.20. The Morgan fingerprint density at radius 2 is 1.88 bits per heavy atom. The highest BCUT2D eigenvalue weighted by atomic mass is 32.2. The molecule has 0 aromatic rings. The molecule has 2 N–H and O–H groups in total. The first-order chi connectivity index (χ1) is 7.75. The van der Waals surface area contributed by atoms with E-state index in [9.17, 15) is 8.42 Å². The van der Waals surface area contributed by atoms with Gasteiger partial charge in [0.25, 0.3) is 0 Å². The summed E-state index contributed by atoms with van der Waals surface area (Å²) < 4.78 is 22.3. The third kappa shape index (κ3) is 7.01. The predicted octanol–water partition coefficient (Wildman–Crippen LogP) is 1.26. The van der Waals surface area contributed by atoms with Crippen LogP contribution in [0.1, 0.15) is 39.5 Å². The highest BCUT2D eigenvalue weighted by Gasteiger charge is 2.27. The Hall–Kier alpha value is -0.130. The maximum atomic E-state index is 11.2. The van der Waals surface area contributed by atoms with Gasteiger partial charge in [-0.05, 0) is 20.4 Å².